The number of amides is 1. The molecule has 0 aromatic heterocycles. The molecule has 3 heteroatoms. The lowest BCUT2D eigenvalue weighted by atomic mass is 9.92. The number of carbonyl (C=O) groups is 1. The summed E-state index contributed by atoms with van der Waals surface area (Å²) in [7, 11) is 0. The van der Waals surface area contributed by atoms with Crippen molar-refractivity contribution in [3.8, 4) is 0 Å². The number of rotatable bonds is 4. The van der Waals surface area contributed by atoms with E-state index in [2.05, 4.69) is 12.1 Å². The predicted molar refractivity (Wildman–Crippen MR) is 90.9 cm³/mol. The van der Waals surface area contributed by atoms with Crippen LogP contribution in [-0.2, 0) is 11.2 Å². The second kappa shape index (κ2) is 6.29. The molecular weight excluding hydrogens is 286 g/mol. The first kappa shape index (κ1) is 15.3. The lowest BCUT2D eigenvalue weighted by molar-refractivity contribution is 0.0679. The first-order chi connectivity index (χ1) is 11.1. The highest BCUT2D eigenvalue weighted by Crippen LogP contribution is 2.41. The van der Waals surface area contributed by atoms with Gasteiger partial charge in [-0.15, -0.1) is 0 Å². The fourth-order valence-electron chi connectivity index (χ4n) is 3.03. The lowest BCUT2D eigenvalue weighted by Crippen LogP contribution is -2.30. The van der Waals surface area contributed by atoms with Crippen LogP contribution < -0.4 is 0 Å². The van der Waals surface area contributed by atoms with Gasteiger partial charge in [-0.05, 0) is 31.4 Å². The summed E-state index contributed by atoms with van der Waals surface area (Å²) in [6.07, 6.45) is 4.34. The summed E-state index contributed by atoms with van der Waals surface area (Å²) in [6.45, 7) is 3.90. The van der Waals surface area contributed by atoms with Crippen LogP contribution in [0.15, 0.2) is 72.9 Å². The maximum absolute atomic E-state index is 12.3. The van der Waals surface area contributed by atoms with E-state index in [9.17, 15) is 4.79 Å². The van der Waals surface area contributed by atoms with Gasteiger partial charge in [0, 0.05) is 6.20 Å². The zero-order valence-electron chi connectivity index (χ0n) is 13.5. The van der Waals surface area contributed by atoms with Gasteiger partial charge in [0.1, 0.15) is 11.6 Å². The Morgan fingerprint density at radius 3 is 2.30 bits per heavy atom. The van der Waals surface area contributed by atoms with Gasteiger partial charge in [0.05, 0.1) is 0 Å². The van der Waals surface area contributed by atoms with Crippen LogP contribution in [0.2, 0.25) is 0 Å². The van der Waals surface area contributed by atoms with Gasteiger partial charge in [-0.2, -0.15) is 0 Å². The van der Waals surface area contributed by atoms with Crippen LogP contribution >= 0.6 is 0 Å². The summed E-state index contributed by atoms with van der Waals surface area (Å²) in [5, 5.41) is 0. The number of hydrogen-bond acceptors (Lipinski definition) is 2. The smallest absolute Gasteiger partial charge is 0.415 e. The van der Waals surface area contributed by atoms with Gasteiger partial charge in [-0.25, -0.2) is 4.79 Å². The van der Waals surface area contributed by atoms with Crippen LogP contribution in [-0.4, -0.2) is 16.6 Å². The maximum atomic E-state index is 12.3. The van der Waals surface area contributed by atoms with Crippen molar-refractivity contribution in [3.63, 3.8) is 0 Å². The average Bonchev–Trinajstić information content (AvgIpc) is 2.78. The molecule has 118 valence electrons. The first-order valence-corrected chi connectivity index (χ1v) is 7.85. The molecule has 3 nitrogen and oxygen atoms in total. The Hall–Kier alpha value is -2.55. The minimum Gasteiger partial charge on any atom is -0.441 e. The molecule has 1 aliphatic rings. The van der Waals surface area contributed by atoms with E-state index in [-0.39, 0.29) is 12.1 Å². The minimum atomic E-state index is -0.560. The van der Waals surface area contributed by atoms with Crippen molar-refractivity contribution in [2.24, 2.45) is 0 Å². The van der Waals surface area contributed by atoms with Gasteiger partial charge in [0.25, 0.3) is 0 Å². The summed E-state index contributed by atoms with van der Waals surface area (Å²) in [6, 6.07) is 20.1. The number of carbonyl (C=O) groups excluding carboxylic acids is 1. The van der Waals surface area contributed by atoms with Gasteiger partial charge in [0.2, 0.25) is 0 Å². The molecule has 1 atom stereocenters. The molecule has 0 aliphatic carbocycles. The van der Waals surface area contributed by atoms with Gasteiger partial charge in [-0.3, -0.25) is 4.90 Å². The Kier molecular flexibility index (Phi) is 4.20. The van der Waals surface area contributed by atoms with Crippen molar-refractivity contribution >= 4 is 6.09 Å². The molecule has 0 N–H and O–H groups in total. The Balaban J connectivity index is 1.82. The van der Waals surface area contributed by atoms with Crippen molar-refractivity contribution in [2.45, 2.75) is 31.9 Å². The number of allylic oxidation sites excluding steroid dienone is 1. The Morgan fingerprint density at radius 1 is 1.04 bits per heavy atom. The van der Waals surface area contributed by atoms with E-state index in [0.29, 0.717) is 0 Å². The second-order valence-electron chi connectivity index (χ2n) is 6.27. The van der Waals surface area contributed by atoms with Crippen molar-refractivity contribution in [1.82, 2.24) is 4.90 Å². The summed E-state index contributed by atoms with van der Waals surface area (Å²) >= 11 is 0. The summed E-state index contributed by atoms with van der Waals surface area (Å²) < 4.78 is 5.57. The normalized spacial score (nSPS) is 20.0. The molecular formula is C20H21NO2. The van der Waals surface area contributed by atoms with E-state index in [1.165, 1.54) is 5.56 Å². The number of benzene rings is 2. The lowest BCUT2D eigenvalue weighted by Gasteiger charge is -2.27. The molecule has 0 bridgehead atoms. The van der Waals surface area contributed by atoms with Crippen LogP contribution in [0, 0.1) is 0 Å². The largest absolute Gasteiger partial charge is 0.441 e. The van der Waals surface area contributed by atoms with Crippen LogP contribution in [0.25, 0.3) is 0 Å². The fourth-order valence-corrected chi connectivity index (χ4v) is 3.03. The molecule has 1 heterocycles. The Labute approximate surface area is 137 Å². The number of ether oxygens (including phenoxy) is 1. The summed E-state index contributed by atoms with van der Waals surface area (Å²) in [5.74, 6) is 0. The highest BCUT2D eigenvalue weighted by molar-refractivity contribution is 5.73. The maximum Gasteiger partial charge on any atom is 0.415 e. The van der Waals surface area contributed by atoms with E-state index in [4.69, 9.17) is 4.74 Å². The highest BCUT2D eigenvalue weighted by Gasteiger charge is 2.47. The van der Waals surface area contributed by atoms with Crippen molar-refractivity contribution in [2.75, 3.05) is 0 Å². The quantitative estimate of drug-likeness (QED) is 0.818. The van der Waals surface area contributed by atoms with Crippen molar-refractivity contribution in [1.29, 1.82) is 0 Å². The van der Waals surface area contributed by atoms with Crippen molar-refractivity contribution in [3.05, 3.63) is 84.1 Å². The third kappa shape index (κ3) is 3.29. The molecule has 2 aromatic carbocycles. The summed E-state index contributed by atoms with van der Waals surface area (Å²) in [4.78, 5) is 14.0. The monoisotopic (exact) mass is 307 g/mol. The van der Waals surface area contributed by atoms with Crippen molar-refractivity contribution < 1.29 is 9.53 Å². The minimum absolute atomic E-state index is 0.122. The molecule has 0 spiro atoms. The van der Waals surface area contributed by atoms with Gasteiger partial charge >= 0.3 is 6.09 Å². The first-order valence-electron chi connectivity index (χ1n) is 7.85. The van der Waals surface area contributed by atoms with Gasteiger partial charge in [-0.1, -0.05) is 66.7 Å². The highest BCUT2D eigenvalue weighted by atomic mass is 16.6. The van der Waals surface area contributed by atoms with E-state index >= 15 is 0 Å². The second-order valence-corrected chi connectivity index (χ2v) is 6.27. The third-order valence-electron chi connectivity index (χ3n) is 4.08. The van der Waals surface area contributed by atoms with E-state index in [0.717, 1.165) is 12.0 Å². The number of nitrogens with zero attached hydrogens (tertiary/aromatic N) is 1. The molecule has 3 rings (SSSR count). The SMILES string of the molecule is CC1(C)OC(=O)N(/C=C/Cc2ccccc2)[C@H]1c1ccccc1. The number of hydrogen-bond donors (Lipinski definition) is 0. The Bertz CT molecular complexity index is 692. The predicted octanol–water partition coefficient (Wildman–Crippen LogP) is 4.71. The number of cyclic esters (lactones) is 1. The molecule has 23 heavy (non-hydrogen) atoms. The van der Waals surface area contributed by atoms with Crippen LogP contribution in [0.4, 0.5) is 4.79 Å². The molecule has 0 saturated carbocycles. The standard InChI is InChI=1S/C20H21NO2/c1-20(2)18(17-13-7-4-8-14-17)21(19(22)23-20)15-9-12-16-10-5-3-6-11-16/h3-11,13-15,18H,12H2,1-2H3/b15-9+/t18-/m0/s1. The molecule has 1 fully saturated rings. The molecule has 2 aromatic rings. The molecule has 1 amide bonds. The molecule has 0 unspecified atom stereocenters. The molecule has 1 saturated heterocycles. The van der Waals surface area contributed by atoms with Gasteiger partial charge < -0.3 is 4.74 Å². The zero-order valence-corrected chi connectivity index (χ0v) is 13.5. The van der Waals surface area contributed by atoms with Crippen LogP contribution in [0.1, 0.15) is 31.0 Å². The van der Waals surface area contributed by atoms with Gasteiger partial charge in [0.15, 0.2) is 0 Å². The average molecular weight is 307 g/mol. The Morgan fingerprint density at radius 2 is 1.65 bits per heavy atom. The topological polar surface area (TPSA) is 29.5 Å². The fraction of sp³-hybridized carbons (Fsp3) is 0.250. The summed E-state index contributed by atoms with van der Waals surface area (Å²) in [5.41, 5.74) is 1.73. The van der Waals surface area contributed by atoms with E-state index < -0.39 is 5.60 Å². The van der Waals surface area contributed by atoms with E-state index in [1.807, 2.05) is 74.7 Å². The van der Waals surface area contributed by atoms with Crippen LogP contribution in [0.5, 0.6) is 0 Å². The molecule has 0 radical (unpaired) electrons. The van der Waals surface area contributed by atoms with Crippen LogP contribution in [0.3, 0.4) is 0 Å². The van der Waals surface area contributed by atoms with E-state index in [1.54, 1.807) is 4.90 Å². The third-order valence-corrected chi connectivity index (χ3v) is 4.08. The zero-order chi connectivity index (χ0) is 16.3. The molecule has 1 aliphatic heterocycles.